The molecule has 0 radical (unpaired) electrons. The highest BCUT2D eigenvalue weighted by molar-refractivity contribution is 4.86. The van der Waals surface area contributed by atoms with Crippen molar-refractivity contribution in [2.75, 3.05) is 0 Å². The molecule has 1 aliphatic carbocycles. The Labute approximate surface area is 88.3 Å². The van der Waals surface area contributed by atoms with Gasteiger partial charge in [0.1, 0.15) is 5.72 Å². The van der Waals surface area contributed by atoms with Crippen LogP contribution in [0, 0.1) is 0 Å². The van der Waals surface area contributed by atoms with E-state index in [0.29, 0.717) is 12.1 Å². The van der Waals surface area contributed by atoms with Gasteiger partial charge in [-0.3, -0.25) is 4.90 Å². The first kappa shape index (κ1) is 12.0. The molecule has 0 aliphatic heterocycles. The van der Waals surface area contributed by atoms with Crippen molar-refractivity contribution < 1.29 is 5.11 Å². The van der Waals surface area contributed by atoms with Gasteiger partial charge in [-0.05, 0) is 53.4 Å². The smallest absolute Gasteiger partial charge is 0.118 e. The molecule has 2 heteroatoms. The zero-order valence-electron chi connectivity index (χ0n) is 10.1. The predicted octanol–water partition coefficient (Wildman–Crippen LogP) is 2.76. The summed E-state index contributed by atoms with van der Waals surface area (Å²) in [5.41, 5.74) is -0.527. The molecule has 2 nitrogen and oxygen atoms in total. The molecule has 1 aliphatic rings. The third-order valence-electron chi connectivity index (χ3n) is 3.25. The van der Waals surface area contributed by atoms with Crippen LogP contribution in [0.15, 0.2) is 0 Å². The highest BCUT2D eigenvalue weighted by Crippen LogP contribution is 2.33. The number of rotatable bonds is 3. The van der Waals surface area contributed by atoms with Crippen molar-refractivity contribution >= 4 is 0 Å². The Hall–Kier alpha value is -0.0800. The summed E-state index contributed by atoms with van der Waals surface area (Å²) in [6.07, 6.45) is 5.53. The van der Waals surface area contributed by atoms with Gasteiger partial charge in [-0.1, -0.05) is 6.42 Å². The summed E-state index contributed by atoms with van der Waals surface area (Å²) in [5.74, 6) is 0. The van der Waals surface area contributed by atoms with E-state index in [2.05, 4.69) is 32.6 Å². The second-order valence-corrected chi connectivity index (χ2v) is 5.14. The van der Waals surface area contributed by atoms with Crippen LogP contribution in [0.25, 0.3) is 0 Å². The SMILES string of the molecule is CC(C)N(C(C)C)C1(O)CCCCC1. The molecule has 0 bridgehead atoms. The van der Waals surface area contributed by atoms with Crippen LogP contribution in [0.2, 0.25) is 0 Å². The normalized spacial score (nSPS) is 22.3. The van der Waals surface area contributed by atoms with E-state index in [4.69, 9.17) is 0 Å². The molecule has 1 saturated carbocycles. The van der Waals surface area contributed by atoms with Gasteiger partial charge in [0, 0.05) is 12.1 Å². The molecule has 0 atom stereocenters. The zero-order chi connectivity index (χ0) is 10.8. The lowest BCUT2D eigenvalue weighted by molar-refractivity contribution is -0.158. The molecular formula is C12H25NO. The van der Waals surface area contributed by atoms with Crippen LogP contribution in [0.3, 0.4) is 0 Å². The fourth-order valence-corrected chi connectivity index (χ4v) is 2.93. The molecule has 0 saturated heterocycles. The lowest BCUT2D eigenvalue weighted by Crippen LogP contribution is -2.56. The van der Waals surface area contributed by atoms with E-state index in [9.17, 15) is 5.11 Å². The van der Waals surface area contributed by atoms with Gasteiger partial charge in [-0.15, -0.1) is 0 Å². The van der Waals surface area contributed by atoms with Crippen molar-refractivity contribution in [3.05, 3.63) is 0 Å². The maximum atomic E-state index is 10.6. The standard InChI is InChI=1S/C12H25NO/c1-10(2)13(11(3)4)12(14)8-6-5-7-9-12/h10-11,14H,5-9H2,1-4H3. The molecule has 1 rings (SSSR count). The average molecular weight is 199 g/mol. The van der Waals surface area contributed by atoms with Crippen LogP contribution in [0.5, 0.6) is 0 Å². The van der Waals surface area contributed by atoms with Gasteiger partial charge < -0.3 is 5.11 Å². The highest BCUT2D eigenvalue weighted by atomic mass is 16.3. The molecule has 84 valence electrons. The molecule has 0 aromatic carbocycles. The Bertz CT molecular complexity index is 163. The van der Waals surface area contributed by atoms with E-state index in [0.717, 1.165) is 12.8 Å². The van der Waals surface area contributed by atoms with Gasteiger partial charge in [0.15, 0.2) is 0 Å². The first-order chi connectivity index (χ1) is 6.47. The van der Waals surface area contributed by atoms with Crippen LogP contribution < -0.4 is 0 Å². The molecule has 0 aromatic heterocycles. The molecule has 1 fully saturated rings. The second-order valence-electron chi connectivity index (χ2n) is 5.14. The predicted molar refractivity (Wildman–Crippen MR) is 60.1 cm³/mol. The fraction of sp³-hybridized carbons (Fsp3) is 1.00. The van der Waals surface area contributed by atoms with Crippen molar-refractivity contribution in [3.8, 4) is 0 Å². The van der Waals surface area contributed by atoms with Crippen LogP contribution in [0.4, 0.5) is 0 Å². The third kappa shape index (κ3) is 2.48. The van der Waals surface area contributed by atoms with Gasteiger partial charge in [0.25, 0.3) is 0 Å². The van der Waals surface area contributed by atoms with E-state index in [1.54, 1.807) is 0 Å². The van der Waals surface area contributed by atoms with Crippen molar-refractivity contribution in [2.45, 2.75) is 77.6 Å². The molecule has 0 heterocycles. The minimum Gasteiger partial charge on any atom is -0.376 e. The second kappa shape index (κ2) is 4.63. The Balaban J connectivity index is 2.74. The van der Waals surface area contributed by atoms with Crippen LogP contribution in [-0.2, 0) is 0 Å². The summed E-state index contributed by atoms with van der Waals surface area (Å²) < 4.78 is 0. The van der Waals surface area contributed by atoms with Gasteiger partial charge in [0.2, 0.25) is 0 Å². The quantitative estimate of drug-likeness (QED) is 0.706. The highest BCUT2D eigenvalue weighted by Gasteiger charge is 2.38. The molecule has 1 N–H and O–H groups in total. The van der Waals surface area contributed by atoms with Crippen LogP contribution in [0.1, 0.15) is 59.8 Å². The molecule has 14 heavy (non-hydrogen) atoms. The van der Waals surface area contributed by atoms with Crippen molar-refractivity contribution in [3.63, 3.8) is 0 Å². The summed E-state index contributed by atoms with van der Waals surface area (Å²) in [4.78, 5) is 2.27. The Morgan fingerprint density at radius 1 is 0.929 bits per heavy atom. The summed E-state index contributed by atoms with van der Waals surface area (Å²) in [6.45, 7) is 8.69. The molecule has 0 unspecified atom stereocenters. The first-order valence-electron chi connectivity index (χ1n) is 5.98. The van der Waals surface area contributed by atoms with Crippen molar-refractivity contribution in [1.29, 1.82) is 0 Å². The van der Waals surface area contributed by atoms with Gasteiger partial charge >= 0.3 is 0 Å². The monoisotopic (exact) mass is 199 g/mol. The van der Waals surface area contributed by atoms with Crippen LogP contribution in [-0.4, -0.2) is 27.8 Å². The number of aliphatic hydroxyl groups is 1. The number of hydrogen-bond acceptors (Lipinski definition) is 2. The van der Waals surface area contributed by atoms with E-state index in [1.165, 1.54) is 19.3 Å². The van der Waals surface area contributed by atoms with E-state index < -0.39 is 5.72 Å². The third-order valence-corrected chi connectivity index (χ3v) is 3.25. The molecule has 0 aromatic rings. The summed E-state index contributed by atoms with van der Waals surface area (Å²) in [6, 6.07) is 0.858. The lowest BCUT2D eigenvalue weighted by atomic mass is 9.88. The number of nitrogens with zero attached hydrogens (tertiary/aromatic N) is 1. The van der Waals surface area contributed by atoms with Crippen LogP contribution >= 0.6 is 0 Å². The molecular weight excluding hydrogens is 174 g/mol. The van der Waals surface area contributed by atoms with Crippen molar-refractivity contribution in [1.82, 2.24) is 4.90 Å². The zero-order valence-corrected chi connectivity index (χ0v) is 10.1. The Morgan fingerprint density at radius 3 is 1.71 bits per heavy atom. The van der Waals surface area contributed by atoms with Gasteiger partial charge in [-0.25, -0.2) is 0 Å². The van der Waals surface area contributed by atoms with Gasteiger partial charge in [0.05, 0.1) is 0 Å². The van der Waals surface area contributed by atoms with Gasteiger partial charge in [-0.2, -0.15) is 0 Å². The summed E-state index contributed by atoms with van der Waals surface area (Å²) >= 11 is 0. The number of hydrogen-bond donors (Lipinski definition) is 1. The molecule has 0 spiro atoms. The summed E-state index contributed by atoms with van der Waals surface area (Å²) in [7, 11) is 0. The largest absolute Gasteiger partial charge is 0.376 e. The molecule has 0 amide bonds. The van der Waals surface area contributed by atoms with E-state index >= 15 is 0 Å². The van der Waals surface area contributed by atoms with E-state index in [-0.39, 0.29) is 0 Å². The van der Waals surface area contributed by atoms with E-state index in [1.807, 2.05) is 0 Å². The Kier molecular flexibility index (Phi) is 3.96. The lowest BCUT2D eigenvalue weighted by Gasteiger charge is -2.47. The van der Waals surface area contributed by atoms with Crippen molar-refractivity contribution in [2.24, 2.45) is 0 Å². The topological polar surface area (TPSA) is 23.5 Å². The maximum Gasteiger partial charge on any atom is 0.118 e. The first-order valence-corrected chi connectivity index (χ1v) is 5.98. The average Bonchev–Trinajstić information content (AvgIpc) is 2.02. The summed E-state index contributed by atoms with van der Waals surface area (Å²) in [5, 5.41) is 10.6. The Morgan fingerprint density at radius 2 is 1.36 bits per heavy atom. The minimum atomic E-state index is -0.527. The maximum absolute atomic E-state index is 10.6. The minimum absolute atomic E-state index is 0.429. The fourth-order valence-electron chi connectivity index (χ4n) is 2.93.